The van der Waals surface area contributed by atoms with E-state index >= 15 is 0 Å². The zero-order chi connectivity index (χ0) is 15.8. The Morgan fingerprint density at radius 2 is 2.14 bits per heavy atom. The van der Waals surface area contributed by atoms with Crippen molar-refractivity contribution in [2.45, 2.75) is 32.2 Å². The molecule has 0 aromatic carbocycles. The number of sulfonamides is 1. The van der Waals surface area contributed by atoms with Crippen LogP contribution in [0, 0.1) is 13.8 Å². The first-order chi connectivity index (χ1) is 9.76. The Morgan fingerprint density at radius 1 is 1.48 bits per heavy atom. The summed E-state index contributed by atoms with van der Waals surface area (Å²) in [5.74, 6) is -0.665. The summed E-state index contributed by atoms with van der Waals surface area (Å²) in [5, 5.41) is 7.51. The van der Waals surface area contributed by atoms with E-state index in [0.29, 0.717) is 6.54 Å². The van der Waals surface area contributed by atoms with Gasteiger partial charge in [-0.1, -0.05) is 5.16 Å². The molecule has 0 radical (unpaired) electrons. The maximum absolute atomic E-state index is 12.4. The Bertz CT molecular complexity index is 770. The number of carbonyl (C=O) groups is 1. The van der Waals surface area contributed by atoms with Gasteiger partial charge in [-0.25, -0.2) is 8.42 Å². The highest BCUT2D eigenvalue weighted by atomic mass is 32.2. The Labute approximate surface area is 121 Å². The third kappa shape index (κ3) is 2.75. The molecule has 114 valence electrons. The lowest BCUT2D eigenvalue weighted by molar-refractivity contribution is 0.0995. The van der Waals surface area contributed by atoms with Crippen molar-refractivity contribution < 1.29 is 17.7 Å². The number of carbonyl (C=O) groups excluding carboxylic acids is 1. The van der Waals surface area contributed by atoms with E-state index in [4.69, 9.17) is 10.3 Å². The third-order valence-electron chi connectivity index (χ3n) is 2.80. The molecule has 1 amide bonds. The van der Waals surface area contributed by atoms with Crippen molar-refractivity contribution in [1.82, 2.24) is 14.9 Å². The van der Waals surface area contributed by atoms with E-state index in [9.17, 15) is 13.2 Å². The zero-order valence-electron chi connectivity index (χ0n) is 11.7. The van der Waals surface area contributed by atoms with Crippen molar-refractivity contribution in [3.63, 3.8) is 0 Å². The maximum Gasteiger partial charge on any atom is 0.271 e. The van der Waals surface area contributed by atoms with Crippen LogP contribution in [0.1, 0.15) is 28.9 Å². The fraction of sp³-hybridized carbons (Fsp3) is 0.364. The molecule has 0 atom stereocenters. The van der Waals surface area contributed by atoms with Crippen molar-refractivity contribution >= 4 is 21.6 Å². The first kappa shape index (κ1) is 15.0. The second-order valence-electron chi connectivity index (χ2n) is 4.37. The predicted molar refractivity (Wildman–Crippen MR) is 73.2 cm³/mol. The van der Waals surface area contributed by atoms with Gasteiger partial charge in [-0.05, 0) is 20.8 Å². The lowest BCUT2D eigenvalue weighted by Crippen LogP contribution is -2.19. The molecule has 0 unspecified atom stereocenters. The maximum atomic E-state index is 12.4. The van der Waals surface area contributed by atoms with Gasteiger partial charge in [0.05, 0.1) is 5.69 Å². The number of aromatic nitrogens is 3. The van der Waals surface area contributed by atoms with Gasteiger partial charge in [0.25, 0.3) is 15.9 Å². The molecule has 2 aromatic rings. The van der Waals surface area contributed by atoms with E-state index in [1.807, 2.05) is 0 Å². The van der Waals surface area contributed by atoms with Gasteiger partial charge < -0.3 is 10.3 Å². The minimum atomic E-state index is -3.95. The molecule has 0 fully saturated rings. The van der Waals surface area contributed by atoms with E-state index in [2.05, 4.69) is 15.0 Å². The van der Waals surface area contributed by atoms with Gasteiger partial charge in [-0.15, -0.1) is 0 Å². The number of rotatable bonds is 5. The normalized spacial score (nSPS) is 11.6. The number of hydrogen-bond donors (Lipinski definition) is 2. The summed E-state index contributed by atoms with van der Waals surface area (Å²) in [5.41, 5.74) is 5.30. The Balaban J connectivity index is 2.46. The molecule has 3 N–H and O–H groups in total. The van der Waals surface area contributed by atoms with E-state index in [1.165, 1.54) is 24.7 Å². The zero-order valence-corrected chi connectivity index (χ0v) is 12.6. The van der Waals surface area contributed by atoms with Crippen LogP contribution in [0.5, 0.6) is 0 Å². The molecule has 0 aliphatic carbocycles. The average molecular weight is 313 g/mol. The van der Waals surface area contributed by atoms with E-state index in [1.54, 1.807) is 6.92 Å². The summed E-state index contributed by atoms with van der Waals surface area (Å²) in [6.45, 7) is 5.26. The Kier molecular flexibility index (Phi) is 3.73. The summed E-state index contributed by atoms with van der Waals surface area (Å²) < 4.78 is 33.3. The van der Waals surface area contributed by atoms with E-state index in [-0.39, 0.29) is 27.7 Å². The summed E-state index contributed by atoms with van der Waals surface area (Å²) in [7, 11) is -3.95. The second kappa shape index (κ2) is 5.20. The Hall–Kier alpha value is -2.36. The number of aryl methyl sites for hydroxylation is 3. The van der Waals surface area contributed by atoms with Gasteiger partial charge in [0.2, 0.25) is 0 Å². The first-order valence-electron chi connectivity index (χ1n) is 6.09. The summed E-state index contributed by atoms with van der Waals surface area (Å²) in [6, 6.07) is 0. The number of primary amides is 1. The number of nitrogens with two attached hydrogens (primary N) is 1. The highest BCUT2D eigenvalue weighted by Gasteiger charge is 2.27. The second-order valence-corrected chi connectivity index (χ2v) is 5.99. The van der Waals surface area contributed by atoms with Crippen LogP contribution in [0.25, 0.3) is 0 Å². The highest BCUT2D eigenvalue weighted by Crippen LogP contribution is 2.23. The van der Waals surface area contributed by atoms with Gasteiger partial charge in [0.1, 0.15) is 5.69 Å². The number of nitrogens with zero attached hydrogens (tertiary/aromatic N) is 3. The average Bonchev–Trinajstić information content (AvgIpc) is 2.92. The monoisotopic (exact) mass is 313 g/mol. The molecule has 21 heavy (non-hydrogen) atoms. The van der Waals surface area contributed by atoms with E-state index in [0.717, 1.165) is 0 Å². The molecule has 0 saturated carbocycles. The number of amides is 1. The molecule has 9 nitrogen and oxygen atoms in total. The van der Waals surface area contributed by atoms with Crippen LogP contribution in [-0.2, 0) is 16.6 Å². The molecule has 0 bridgehead atoms. The van der Waals surface area contributed by atoms with Crippen LogP contribution >= 0.6 is 0 Å². The van der Waals surface area contributed by atoms with Crippen molar-refractivity contribution in [2.24, 2.45) is 5.73 Å². The molecule has 2 rings (SSSR count). The number of anilines is 1. The van der Waals surface area contributed by atoms with Gasteiger partial charge >= 0.3 is 0 Å². The molecule has 10 heteroatoms. The Morgan fingerprint density at radius 3 is 2.62 bits per heavy atom. The van der Waals surface area contributed by atoms with Crippen molar-refractivity contribution in [2.75, 3.05) is 4.72 Å². The standard InChI is InChI=1S/C11H15N5O4S/c1-4-16-5-8(9(13-16)11(12)17)15-21(18,19)10-6(2)14-20-7(10)3/h5,15H,4H2,1-3H3,(H2,12,17). The molecule has 0 aliphatic rings. The highest BCUT2D eigenvalue weighted by molar-refractivity contribution is 7.92. The lowest BCUT2D eigenvalue weighted by Gasteiger charge is -2.06. The summed E-state index contributed by atoms with van der Waals surface area (Å²) >= 11 is 0. The van der Waals surface area contributed by atoms with Crippen molar-refractivity contribution in [3.8, 4) is 0 Å². The van der Waals surface area contributed by atoms with Gasteiger partial charge in [-0.3, -0.25) is 14.2 Å². The first-order valence-corrected chi connectivity index (χ1v) is 7.57. The largest absolute Gasteiger partial charge is 0.364 e. The molecular formula is C11H15N5O4S. The van der Waals surface area contributed by atoms with Crippen molar-refractivity contribution in [1.29, 1.82) is 0 Å². The van der Waals surface area contributed by atoms with E-state index < -0.39 is 15.9 Å². The minimum Gasteiger partial charge on any atom is -0.364 e. The predicted octanol–water partition coefficient (Wildman–Crippen LogP) is 0.408. The van der Waals surface area contributed by atoms with Crippen LogP contribution < -0.4 is 10.5 Å². The quantitative estimate of drug-likeness (QED) is 0.821. The minimum absolute atomic E-state index is 0.0179. The van der Waals surface area contributed by atoms with Gasteiger partial charge in [0, 0.05) is 12.7 Å². The van der Waals surface area contributed by atoms with Gasteiger partial charge in [0.15, 0.2) is 16.3 Å². The molecule has 0 saturated heterocycles. The van der Waals surface area contributed by atoms with Crippen LogP contribution in [0.15, 0.2) is 15.6 Å². The smallest absolute Gasteiger partial charge is 0.271 e. The third-order valence-corrected chi connectivity index (χ3v) is 4.41. The molecule has 2 heterocycles. The van der Waals surface area contributed by atoms with Crippen LogP contribution in [0.4, 0.5) is 5.69 Å². The van der Waals surface area contributed by atoms with Crippen molar-refractivity contribution in [3.05, 3.63) is 23.3 Å². The summed E-state index contributed by atoms with van der Waals surface area (Å²) in [6.07, 6.45) is 1.40. The molecule has 0 spiro atoms. The van der Waals surface area contributed by atoms with Gasteiger partial charge in [-0.2, -0.15) is 5.10 Å². The number of nitrogens with one attached hydrogen (secondary N) is 1. The molecule has 2 aromatic heterocycles. The summed E-state index contributed by atoms with van der Waals surface area (Å²) in [4.78, 5) is 11.3. The number of hydrogen-bond acceptors (Lipinski definition) is 6. The topological polar surface area (TPSA) is 133 Å². The van der Waals surface area contributed by atoms with Crippen LogP contribution in [0.2, 0.25) is 0 Å². The fourth-order valence-corrected chi connectivity index (χ4v) is 3.28. The van der Waals surface area contributed by atoms with Crippen LogP contribution in [-0.4, -0.2) is 29.3 Å². The SMILES string of the molecule is CCn1cc(NS(=O)(=O)c2c(C)noc2C)c(C(N)=O)n1. The fourth-order valence-electron chi connectivity index (χ4n) is 1.89. The van der Waals surface area contributed by atoms with Crippen LogP contribution in [0.3, 0.4) is 0 Å². The lowest BCUT2D eigenvalue weighted by atomic mass is 10.4. The molecular weight excluding hydrogens is 298 g/mol. The molecule has 0 aliphatic heterocycles.